The maximum atomic E-state index is 12.4. The van der Waals surface area contributed by atoms with E-state index in [-0.39, 0.29) is 11.8 Å². The van der Waals surface area contributed by atoms with Gasteiger partial charge in [-0.25, -0.2) is 0 Å². The Balaban J connectivity index is 1.75. The molecular formula is C14H16BrClN2O. The van der Waals surface area contributed by atoms with Crippen LogP contribution < -0.4 is 5.32 Å². The standard InChI is InChI=1S/C14H16BrClN2O/c15-10-4-3-9(12(16)6-10)7-18-8-13-11(14(18)19)2-1-5-17-13/h3-4,6,11,13,17H,1-2,5,7-8H2. The van der Waals surface area contributed by atoms with Gasteiger partial charge in [-0.3, -0.25) is 4.79 Å². The summed E-state index contributed by atoms with van der Waals surface area (Å²) in [6, 6.07) is 6.15. The average molecular weight is 344 g/mol. The number of nitrogens with one attached hydrogen (secondary N) is 1. The fourth-order valence-corrected chi connectivity index (χ4v) is 3.73. The average Bonchev–Trinajstić information content (AvgIpc) is 2.70. The van der Waals surface area contributed by atoms with Crippen molar-refractivity contribution in [2.75, 3.05) is 13.1 Å². The van der Waals surface area contributed by atoms with E-state index in [9.17, 15) is 4.79 Å². The Morgan fingerprint density at radius 2 is 2.32 bits per heavy atom. The highest BCUT2D eigenvalue weighted by atomic mass is 79.9. The van der Waals surface area contributed by atoms with Crippen molar-refractivity contribution in [3.8, 4) is 0 Å². The highest BCUT2D eigenvalue weighted by Crippen LogP contribution is 2.29. The molecule has 0 bridgehead atoms. The topological polar surface area (TPSA) is 32.3 Å². The Morgan fingerprint density at radius 3 is 3.05 bits per heavy atom. The Morgan fingerprint density at radius 1 is 1.47 bits per heavy atom. The zero-order valence-corrected chi connectivity index (χ0v) is 12.9. The van der Waals surface area contributed by atoms with Gasteiger partial charge in [0, 0.05) is 28.6 Å². The Kier molecular flexibility index (Phi) is 3.83. The van der Waals surface area contributed by atoms with Crippen LogP contribution >= 0.6 is 27.5 Å². The van der Waals surface area contributed by atoms with Gasteiger partial charge < -0.3 is 10.2 Å². The first-order valence-electron chi connectivity index (χ1n) is 6.61. The smallest absolute Gasteiger partial charge is 0.227 e. The molecule has 0 saturated carbocycles. The molecule has 2 atom stereocenters. The molecule has 19 heavy (non-hydrogen) atoms. The number of carbonyl (C=O) groups is 1. The zero-order valence-electron chi connectivity index (χ0n) is 10.5. The lowest BCUT2D eigenvalue weighted by atomic mass is 9.94. The predicted octanol–water partition coefficient (Wildman–Crippen LogP) is 2.81. The molecule has 0 spiro atoms. The summed E-state index contributed by atoms with van der Waals surface area (Å²) in [4.78, 5) is 14.3. The fourth-order valence-electron chi connectivity index (χ4n) is 3.00. The molecule has 0 radical (unpaired) electrons. The molecule has 0 aliphatic carbocycles. The van der Waals surface area contributed by atoms with Crippen molar-refractivity contribution in [3.63, 3.8) is 0 Å². The van der Waals surface area contributed by atoms with Gasteiger partial charge in [0.1, 0.15) is 0 Å². The number of benzene rings is 1. The molecule has 1 aromatic rings. The monoisotopic (exact) mass is 342 g/mol. The number of fused-ring (bicyclic) bond motifs is 1. The summed E-state index contributed by atoms with van der Waals surface area (Å²) in [5.74, 6) is 0.444. The predicted molar refractivity (Wildman–Crippen MR) is 79.1 cm³/mol. The zero-order chi connectivity index (χ0) is 13.4. The number of likely N-dealkylation sites (tertiary alicyclic amines) is 1. The van der Waals surface area contributed by atoms with Gasteiger partial charge in [0.2, 0.25) is 5.91 Å². The lowest BCUT2D eigenvalue weighted by Gasteiger charge is -2.23. The van der Waals surface area contributed by atoms with E-state index in [2.05, 4.69) is 21.2 Å². The van der Waals surface area contributed by atoms with Crippen LogP contribution in [-0.4, -0.2) is 29.9 Å². The largest absolute Gasteiger partial charge is 0.336 e. The number of nitrogens with zero attached hydrogens (tertiary/aromatic N) is 1. The van der Waals surface area contributed by atoms with E-state index in [4.69, 9.17) is 11.6 Å². The normalized spacial score (nSPS) is 26.6. The first-order valence-corrected chi connectivity index (χ1v) is 7.78. The summed E-state index contributed by atoms with van der Waals surface area (Å²) < 4.78 is 0.962. The van der Waals surface area contributed by atoms with Crippen molar-refractivity contribution >= 4 is 33.4 Å². The van der Waals surface area contributed by atoms with Crippen LogP contribution in [0.5, 0.6) is 0 Å². The summed E-state index contributed by atoms with van der Waals surface area (Å²) in [5, 5.41) is 4.16. The van der Waals surface area contributed by atoms with Gasteiger partial charge >= 0.3 is 0 Å². The summed E-state index contributed by atoms with van der Waals surface area (Å²) in [6.45, 7) is 2.44. The molecule has 1 amide bonds. The van der Waals surface area contributed by atoms with E-state index < -0.39 is 0 Å². The van der Waals surface area contributed by atoms with Crippen LogP contribution in [0.2, 0.25) is 5.02 Å². The molecule has 3 nitrogen and oxygen atoms in total. The van der Waals surface area contributed by atoms with Gasteiger partial charge in [0.25, 0.3) is 0 Å². The highest BCUT2D eigenvalue weighted by molar-refractivity contribution is 9.10. The Labute approximate surface area is 126 Å². The third kappa shape index (κ3) is 2.67. The third-order valence-electron chi connectivity index (χ3n) is 4.01. The van der Waals surface area contributed by atoms with E-state index in [0.29, 0.717) is 17.6 Å². The van der Waals surface area contributed by atoms with Crippen LogP contribution in [0, 0.1) is 5.92 Å². The number of hydrogen-bond donors (Lipinski definition) is 1. The second kappa shape index (κ2) is 5.43. The number of hydrogen-bond acceptors (Lipinski definition) is 2. The molecule has 102 valence electrons. The van der Waals surface area contributed by atoms with E-state index >= 15 is 0 Å². The van der Waals surface area contributed by atoms with Crippen molar-refractivity contribution < 1.29 is 4.79 Å². The van der Waals surface area contributed by atoms with Crippen molar-refractivity contribution in [3.05, 3.63) is 33.3 Å². The van der Waals surface area contributed by atoms with Gasteiger partial charge in [0.15, 0.2) is 0 Å². The van der Waals surface area contributed by atoms with Crippen LogP contribution in [0.4, 0.5) is 0 Å². The minimum Gasteiger partial charge on any atom is -0.336 e. The molecule has 0 aromatic heterocycles. The summed E-state index contributed by atoms with van der Waals surface area (Å²) >= 11 is 9.62. The molecule has 2 fully saturated rings. The van der Waals surface area contributed by atoms with E-state index in [1.165, 1.54) is 0 Å². The van der Waals surface area contributed by atoms with Crippen molar-refractivity contribution in [1.29, 1.82) is 0 Å². The number of carbonyl (C=O) groups excluding carboxylic acids is 1. The Hall–Kier alpha value is -0.580. The lowest BCUT2D eigenvalue weighted by Crippen LogP contribution is -2.41. The molecule has 2 saturated heterocycles. The molecule has 2 aliphatic rings. The maximum absolute atomic E-state index is 12.4. The van der Waals surface area contributed by atoms with E-state index in [1.54, 1.807) is 0 Å². The second-order valence-corrected chi connectivity index (χ2v) is 6.59. The molecule has 1 N–H and O–H groups in total. The van der Waals surface area contributed by atoms with Crippen LogP contribution in [0.3, 0.4) is 0 Å². The quantitative estimate of drug-likeness (QED) is 0.895. The van der Waals surface area contributed by atoms with Crippen molar-refractivity contribution in [1.82, 2.24) is 10.2 Å². The van der Waals surface area contributed by atoms with E-state index in [0.717, 1.165) is 36.0 Å². The molecule has 2 unspecified atom stereocenters. The van der Waals surface area contributed by atoms with Gasteiger partial charge in [-0.05, 0) is 37.1 Å². The number of piperidine rings is 1. The minimum absolute atomic E-state index is 0.169. The van der Waals surface area contributed by atoms with Gasteiger partial charge in [0.05, 0.1) is 5.92 Å². The number of rotatable bonds is 2. The summed E-state index contributed by atoms with van der Waals surface area (Å²) in [7, 11) is 0. The molecule has 5 heteroatoms. The number of halogens is 2. The lowest BCUT2D eigenvalue weighted by molar-refractivity contribution is -0.131. The fraction of sp³-hybridized carbons (Fsp3) is 0.500. The summed E-state index contributed by atoms with van der Waals surface area (Å²) in [6.07, 6.45) is 2.11. The molecule has 2 heterocycles. The highest BCUT2D eigenvalue weighted by Gasteiger charge is 2.41. The van der Waals surface area contributed by atoms with Crippen LogP contribution in [0.25, 0.3) is 0 Å². The first-order chi connectivity index (χ1) is 9.15. The van der Waals surface area contributed by atoms with Gasteiger partial charge in [-0.1, -0.05) is 33.6 Å². The SMILES string of the molecule is O=C1C2CCCNC2CN1Cc1ccc(Br)cc1Cl. The van der Waals surface area contributed by atoms with Crippen molar-refractivity contribution in [2.45, 2.75) is 25.4 Å². The molecule has 2 aliphatic heterocycles. The second-order valence-electron chi connectivity index (χ2n) is 5.26. The van der Waals surface area contributed by atoms with E-state index in [1.807, 2.05) is 23.1 Å². The molecular weight excluding hydrogens is 328 g/mol. The first kappa shape index (κ1) is 13.4. The molecule has 1 aromatic carbocycles. The molecule has 3 rings (SSSR count). The minimum atomic E-state index is 0.169. The van der Waals surface area contributed by atoms with Crippen LogP contribution in [0.1, 0.15) is 18.4 Å². The summed E-state index contributed by atoms with van der Waals surface area (Å²) in [5.41, 5.74) is 1.01. The van der Waals surface area contributed by atoms with Crippen molar-refractivity contribution in [2.24, 2.45) is 5.92 Å². The van der Waals surface area contributed by atoms with Gasteiger partial charge in [-0.2, -0.15) is 0 Å². The van der Waals surface area contributed by atoms with Gasteiger partial charge in [-0.15, -0.1) is 0 Å². The Bertz CT molecular complexity index is 508. The van der Waals surface area contributed by atoms with Crippen LogP contribution in [0.15, 0.2) is 22.7 Å². The van der Waals surface area contributed by atoms with Crippen LogP contribution in [-0.2, 0) is 11.3 Å². The maximum Gasteiger partial charge on any atom is 0.227 e. The third-order valence-corrected chi connectivity index (χ3v) is 4.85. The number of amides is 1.